The van der Waals surface area contributed by atoms with Gasteiger partial charge in [0.1, 0.15) is 6.04 Å². The first-order valence-electron chi connectivity index (χ1n) is 12.2. The van der Waals surface area contributed by atoms with E-state index in [2.05, 4.69) is 5.32 Å². The molecule has 198 valence electrons. The maximum absolute atomic E-state index is 13.4. The summed E-state index contributed by atoms with van der Waals surface area (Å²) in [5.74, 6) is -0.419. The molecule has 0 saturated carbocycles. The quantitative estimate of drug-likeness (QED) is 0.421. The number of nitrogens with zero attached hydrogens (tertiary/aromatic N) is 2. The molecule has 0 saturated heterocycles. The lowest BCUT2D eigenvalue weighted by molar-refractivity contribution is -0.140. The second kappa shape index (κ2) is 13.1. The van der Waals surface area contributed by atoms with E-state index in [9.17, 15) is 18.0 Å². The van der Waals surface area contributed by atoms with Crippen molar-refractivity contribution < 1.29 is 18.0 Å². The number of sulfonamides is 1. The third-order valence-corrected chi connectivity index (χ3v) is 7.85. The summed E-state index contributed by atoms with van der Waals surface area (Å²) >= 11 is 6.21. The van der Waals surface area contributed by atoms with E-state index >= 15 is 0 Å². The SMILES string of the molecule is CC[C@@H](C)NC(=O)[C@@H](C)N(Cc1cccc(C)c1)C(=O)CCCN(c1cccc(Cl)c1C)S(C)(=O)=O. The highest BCUT2D eigenvalue weighted by atomic mass is 35.5. The van der Waals surface area contributed by atoms with E-state index in [0.717, 1.165) is 23.8 Å². The van der Waals surface area contributed by atoms with Crippen molar-refractivity contribution >= 4 is 39.1 Å². The van der Waals surface area contributed by atoms with E-state index in [1.54, 1.807) is 36.9 Å². The number of nitrogens with one attached hydrogen (secondary N) is 1. The van der Waals surface area contributed by atoms with Crippen LogP contribution in [-0.4, -0.2) is 50.0 Å². The minimum absolute atomic E-state index is 0.000117. The molecule has 0 fully saturated rings. The lowest BCUT2D eigenvalue weighted by atomic mass is 10.1. The Labute approximate surface area is 220 Å². The zero-order valence-electron chi connectivity index (χ0n) is 22.0. The van der Waals surface area contributed by atoms with Crippen LogP contribution in [0.5, 0.6) is 0 Å². The van der Waals surface area contributed by atoms with E-state index in [1.807, 2.05) is 45.0 Å². The molecule has 0 aromatic heterocycles. The van der Waals surface area contributed by atoms with Gasteiger partial charge in [-0.1, -0.05) is 54.4 Å². The number of halogens is 1. The number of rotatable bonds is 12. The molecular weight excluding hydrogens is 498 g/mol. The number of hydrogen-bond acceptors (Lipinski definition) is 4. The number of benzene rings is 2. The summed E-state index contributed by atoms with van der Waals surface area (Å²) in [6.07, 6.45) is 2.31. The zero-order chi connectivity index (χ0) is 27.0. The molecule has 0 radical (unpaired) electrons. The maximum atomic E-state index is 13.4. The van der Waals surface area contributed by atoms with Crippen LogP contribution in [-0.2, 0) is 26.2 Å². The minimum Gasteiger partial charge on any atom is -0.352 e. The summed E-state index contributed by atoms with van der Waals surface area (Å²) in [7, 11) is -3.59. The van der Waals surface area contributed by atoms with Gasteiger partial charge in [-0.05, 0) is 63.8 Å². The Morgan fingerprint density at radius 2 is 1.75 bits per heavy atom. The van der Waals surface area contributed by atoms with Gasteiger partial charge >= 0.3 is 0 Å². The molecule has 1 N–H and O–H groups in total. The molecule has 0 aliphatic rings. The van der Waals surface area contributed by atoms with Gasteiger partial charge in [0.15, 0.2) is 0 Å². The van der Waals surface area contributed by atoms with E-state index in [0.29, 0.717) is 29.2 Å². The zero-order valence-corrected chi connectivity index (χ0v) is 23.6. The van der Waals surface area contributed by atoms with Crippen molar-refractivity contribution in [3.8, 4) is 0 Å². The number of anilines is 1. The highest BCUT2D eigenvalue weighted by molar-refractivity contribution is 7.92. The Hall–Kier alpha value is -2.58. The summed E-state index contributed by atoms with van der Waals surface area (Å²) in [5, 5.41) is 3.43. The smallest absolute Gasteiger partial charge is 0.242 e. The second-order valence-electron chi connectivity index (χ2n) is 9.33. The van der Waals surface area contributed by atoms with E-state index in [4.69, 9.17) is 11.6 Å². The van der Waals surface area contributed by atoms with Crippen LogP contribution < -0.4 is 9.62 Å². The molecule has 0 spiro atoms. The van der Waals surface area contributed by atoms with Crippen molar-refractivity contribution in [2.45, 2.75) is 72.5 Å². The van der Waals surface area contributed by atoms with E-state index in [-0.39, 0.29) is 30.8 Å². The first-order chi connectivity index (χ1) is 16.8. The predicted molar refractivity (Wildman–Crippen MR) is 147 cm³/mol. The molecule has 0 unspecified atom stereocenters. The summed E-state index contributed by atoms with van der Waals surface area (Å²) < 4.78 is 26.4. The molecule has 2 amide bonds. The average molecular weight is 536 g/mol. The van der Waals surface area contributed by atoms with Gasteiger partial charge in [-0.3, -0.25) is 13.9 Å². The monoisotopic (exact) mass is 535 g/mol. The normalized spacial score (nSPS) is 13.1. The van der Waals surface area contributed by atoms with Crippen molar-refractivity contribution in [1.29, 1.82) is 0 Å². The summed E-state index contributed by atoms with van der Waals surface area (Å²) in [4.78, 5) is 27.8. The second-order valence-corrected chi connectivity index (χ2v) is 11.6. The number of amides is 2. The first kappa shape index (κ1) is 29.6. The minimum atomic E-state index is -3.59. The molecule has 36 heavy (non-hydrogen) atoms. The van der Waals surface area contributed by atoms with Crippen molar-refractivity contribution in [2.75, 3.05) is 17.1 Å². The third-order valence-electron chi connectivity index (χ3n) is 6.26. The molecule has 0 bridgehead atoms. The van der Waals surface area contributed by atoms with Crippen molar-refractivity contribution in [2.24, 2.45) is 0 Å². The summed E-state index contributed by atoms with van der Waals surface area (Å²) in [6, 6.07) is 12.3. The van der Waals surface area contributed by atoms with Gasteiger partial charge in [-0.2, -0.15) is 0 Å². The fourth-order valence-corrected chi connectivity index (χ4v) is 5.09. The van der Waals surface area contributed by atoms with Crippen molar-refractivity contribution in [3.63, 3.8) is 0 Å². The average Bonchev–Trinajstić information content (AvgIpc) is 2.81. The fourth-order valence-electron chi connectivity index (χ4n) is 3.90. The van der Waals surface area contributed by atoms with Gasteiger partial charge in [0.05, 0.1) is 11.9 Å². The highest BCUT2D eigenvalue weighted by Gasteiger charge is 2.27. The lowest BCUT2D eigenvalue weighted by Crippen LogP contribution is -2.49. The molecular formula is C27H38ClN3O4S. The summed E-state index contributed by atoms with van der Waals surface area (Å²) in [6.45, 7) is 9.80. The van der Waals surface area contributed by atoms with Gasteiger partial charge in [0.2, 0.25) is 21.8 Å². The number of carbonyl (C=O) groups excluding carboxylic acids is 2. The third kappa shape index (κ3) is 8.23. The lowest BCUT2D eigenvalue weighted by Gasteiger charge is -2.30. The van der Waals surface area contributed by atoms with E-state index in [1.165, 1.54) is 4.31 Å². The van der Waals surface area contributed by atoms with E-state index < -0.39 is 16.1 Å². The Morgan fingerprint density at radius 3 is 2.36 bits per heavy atom. The van der Waals surface area contributed by atoms with Gasteiger partial charge < -0.3 is 10.2 Å². The Morgan fingerprint density at radius 1 is 1.08 bits per heavy atom. The van der Waals surface area contributed by atoms with Gasteiger partial charge in [-0.15, -0.1) is 0 Å². The van der Waals surface area contributed by atoms with Crippen LogP contribution in [0.1, 0.15) is 56.7 Å². The van der Waals surface area contributed by atoms with Crippen LogP contribution in [0.4, 0.5) is 5.69 Å². The molecule has 0 aliphatic heterocycles. The molecule has 9 heteroatoms. The highest BCUT2D eigenvalue weighted by Crippen LogP contribution is 2.28. The van der Waals surface area contributed by atoms with Crippen LogP contribution in [0.2, 0.25) is 5.02 Å². The fraction of sp³-hybridized carbons (Fsp3) is 0.481. The predicted octanol–water partition coefficient (Wildman–Crippen LogP) is 4.84. The molecule has 2 atom stereocenters. The van der Waals surface area contributed by atoms with Gasteiger partial charge in [-0.25, -0.2) is 8.42 Å². The Bertz CT molecular complexity index is 1170. The van der Waals surface area contributed by atoms with Crippen LogP contribution in [0.25, 0.3) is 0 Å². The molecule has 2 rings (SSSR count). The molecule has 2 aromatic carbocycles. The Kier molecular flexibility index (Phi) is 10.8. The van der Waals surface area contributed by atoms with Crippen LogP contribution in [0, 0.1) is 13.8 Å². The van der Waals surface area contributed by atoms with Crippen LogP contribution >= 0.6 is 11.6 Å². The number of hydrogen-bond donors (Lipinski definition) is 1. The number of carbonyl (C=O) groups is 2. The van der Waals surface area contributed by atoms with Crippen LogP contribution in [0.3, 0.4) is 0 Å². The van der Waals surface area contributed by atoms with Crippen molar-refractivity contribution in [3.05, 3.63) is 64.2 Å². The Balaban J connectivity index is 2.21. The van der Waals surface area contributed by atoms with Gasteiger partial charge in [0, 0.05) is 30.6 Å². The molecule has 0 heterocycles. The molecule has 0 aliphatic carbocycles. The number of aryl methyl sites for hydroxylation is 1. The maximum Gasteiger partial charge on any atom is 0.242 e. The molecule has 7 nitrogen and oxygen atoms in total. The molecule has 2 aromatic rings. The largest absolute Gasteiger partial charge is 0.352 e. The van der Waals surface area contributed by atoms with Crippen LogP contribution in [0.15, 0.2) is 42.5 Å². The van der Waals surface area contributed by atoms with Gasteiger partial charge in [0.25, 0.3) is 0 Å². The summed E-state index contributed by atoms with van der Waals surface area (Å²) in [5.41, 5.74) is 3.15. The standard InChI is InChI=1S/C27H38ClN3O4S/c1-7-20(3)29-27(33)22(5)30(18-23-12-8-11-19(2)17-23)26(32)15-10-16-31(36(6,34)35)25-14-9-13-24(28)21(25)4/h8-9,11-14,17,20,22H,7,10,15-16,18H2,1-6H3,(H,29,33)/t20-,22-/m1/s1. The van der Waals surface area contributed by atoms with Crippen molar-refractivity contribution in [1.82, 2.24) is 10.2 Å². The first-order valence-corrected chi connectivity index (χ1v) is 14.5. The topological polar surface area (TPSA) is 86.8 Å².